The number of nitrogens with zero attached hydrogens (tertiary/aromatic N) is 3. The van der Waals surface area contributed by atoms with Gasteiger partial charge in [0.1, 0.15) is 5.82 Å². The Labute approximate surface area is 88.0 Å². The zero-order valence-corrected chi connectivity index (χ0v) is 8.57. The Morgan fingerprint density at radius 3 is 2.93 bits per heavy atom. The first kappa shape index (κ1) is 8.49. The molecule has 0 radical (unpaired) electrons. The lowest BCUT2D eigenvalue weighted by Gasteiger charge is -1.98. The molecule has 1 aliphatic carbocycles. The van der Waals surface area contributed by atoms with Gasteiger partial charge in [-0.1, -0.05) is 0 Å². The van der Waals surface area contributed by atoms with Gasteiger partial charge in [0.05, 0.1) is 22.7 Å². The maximum atomic E-state index is 8.81. The number of nitriles is 1. The van der Waals surface area contributed by atoms with E-state index in [2.05, 4.69) is 22.7 Å². The molecular weight excluding hydrogens is 186 g/mol. The van der Waals surface area contributed by atoms with E-state index in [0.29, 0.717) is 11.5 Å². The van der Waals surface area contributed by atoms with Crippen LogP contribution in [0.25, 0.3) is 11.0 Å². The molecule has 0 atom stereocenters. The van der Waals surface area contributed by atoms with Gasteiger partial charge in [-0.3, -0.25) is 0 Å². The quantitative estimate of drug-likeness (QED) is 0.704. The van der Waals surface area contributed by atoms with Gasteiger partial charge in [-0.2, -0.15) is 5.26 Å². The monoisotopic (exact) mass is 197 g/mol. The van der Waals surface area contributed by atoms with Crippen molar-refractivity contribution < 1.29 is 0 Å². The molecule has 1 aromatic carbocycles. The van der Waals surface area contributed by atoms with Crippen molar-refractivity contribution in [3.8, 4) is 6.07 Å². The number of hydrogen-bond acceptors (Lipinski definition) is 2. The molecule has 1 aliphatic rings. The van der Waals surface area contributed by atoms with Crippen molar-refractivity contribution in [3.05, 3.63) is 29.6 Å². The topological polar surface area (TPSA) is 41.6 Å². The summed E-state index contributed by atoms with van der Waals surface area (Å²) in [5.74, 6) is 1.81. The highest BCUT2D eigenvalue weighted by Crippen LogP contribution is 2.40. The van der Waals surface area contributed by atoms with Gasteiger partial charge in [-0.25, -0.2) is 4.98 Å². The predicted octanol–water partition coefficient (Wildman–Crippen LogP) is 2.32. The molecule has 3 rings (SSSR count). The summed E-state index contributed by atoms with van der Waals surface area (Å²) in [6.45, 7) is 0. The average Bonchev–Trinajstić information content (AvgIpc) is 3.04. The lowest BCUT2D eigenvalue weighted by Crippen LogP contribution is -1.94. The number of rotatable bonds is 1. The maximum absolute atomic E-state index is 8.81. The number of fused-ring (bicyclic) bond motifs is 1. The summed E-state index contributed by atoms with van der Waals surface area (Å²) < 4.78 is 2.15. The summed E-state index contributed by atoms with van der Waals surface area (Å²) in [6, 6.07) is 7.83. The van der Waals surface area contributed by atoms with Crippen molar-refractivity contribution in [2.45, 2.75) is 18.8 Å². The number of aryl methyl sites for hydroxylation is 1. The molecule has 0 unspecified atom stereocenters. The second-order valence-electron chi connectivity index (χ2n) is 4.12. The Bertz CT molecular complexity index is 570. The minimum absolute atomic E-state index is 0.646. The highest BCUT2D eigenvalue weighted by molar-refractivity contribution is 5.77. The molecule has 15 heavy (non-hydrogen) atoms. The van der Waals surface area contributed by atoms with Crippen molar-refractivity contribution in [1.82, 2.24) is 9.55 Å². The van der Waals surface area contributed by atoms with Crippen LogP contribution in [0.1, 0.15) is 30.1 Å². The summed E-state index contributed by atoms with van der Waals surface area (Å²) in [5.41, 5.74) is 2.75. The van der Waals surface area contributed by atoms with Crippen LogP contribution in [0.5, 0.6) is 0 Å². The fourth-order valence-corrected chi connectivity index (χ4v) is 1.99. The molecule has 0 saturated heterocycles. The molecular formula is C12H11N3. The van der Waals surface area contributed by atoms with Gasteiger partial charge in [0.2, 0.25) is 0 Å². The van der Waals surface area contributed by atoms with Crippen LogP contribution >= 0.6 is 0 Å². The molecule has 3 heteroatoms. The van der Waals surface area contributed by atoms with Crippen LogP contribution < -0.4 is 0 Å². The van der Waals surface area contributed by atoms with Crippen molar-refractivity contribution >= 4 is 11.0 Å². The van der Waals surface area contributed by atoms with E-state index in [1.807, 2.05) is 18.2 Å². The minimum Gasteiger partial charge on any atom is -0.331 e. The van der Waals surface area contributed by atoms with Crippen molar-refractivity contribution in [2.24, 2.45) is 7.05 Å². The lowest BCUT2D eigenvalue weighted by atomic mass is 10.2. The minimum atomic E-state index is 0.646. The fourth-order valence-electron chi connectivity index (χ4n) is 1.99. The first-order valence-corrected chi connectivity index (χ1v) is 5.16. The van der Waals surface area contributed by atoms with Crippen molar-refractivity contribution in [1.29, 1.82) is 5.26 Å². The Balaban J connectivity index is 2.26. The van der Waals surface area contributed by atoms with Gasteiger partial charge in [-0.05, 0) is 31.0 Å². The first-order chi connectivity index (χ1) is 7.29. The molecule has 0 bridgehead atoms. The number of benzene rings is 1. The summed E-state index contributed by atoms with van der Waals surface area (Å²) in [7, 11) is 2.05. The van der Waals surface area contributed by atoms with E-state index in [0.717, 1.165) is 11.0 Å². The van der Waals surface area contributed by atoms with Crippen LogP contribution in [0.3, 0.4) is 0 Å². The SMILES string of the molecule is Cn1c(C2CC2)nc2cc(C#N)ccc21. The lowest BCUT2D eigenvalue weighted by molar-refractivity contribution is 0.820. The average molecular weight is 197 g/mol. The third-order valence-corrected chi connectivity index (χ3v) is 2.99. The second kappa shape index (κ2) is 2.83. The van der Waals surface area contributed by atoms with E-state index in [1.165, 1.54) is 18.7 Å². The van der Waals surface area contributed by atoms with Crippen LogP contribution in [0.15, 0.2) is 18.2 Å². The van der Waals surface area contributed by atoms with Gasteiger partial charge in [0, 0.05) is 13.0 Å². The number of imidazole rings is 1. The van der Waals surface area contributed by atoms with Crippen LogP contribution in [-0.2, 0) is 7.05 Å². The van der Waals surface area contributed by atoms with Gasteiger partial charge < -0.3 is 4.57 Å². The molecule has 0 amide bonds. The van der Waals surface area contributed by atoms with E-state index in [-0.39, 0.29) is 0 Å². The standard InChI is InChI=1S/C12H11N3/c1-15-11-5-2-8(7-13)6-10(11)14-12(15)9-3-4-9/h2,5-6,9H,3-4H2,1H3. The van der Waals surface area contributed by atoms with Gasteiger partial charge in [0.15, 0.2) is 0 Å². The van der Waals surface area contributed by atoms with E-state index in [4.69, 9.17) is 5.26 Å². The molecule has 1 saturated carbocycles. The molecule has 1 fully saturated rings. The Hall–Kier alpha value is -1.82. The van der Waals surface area contributed by atoms with E-state index >= 15 is 0 Å². The van der Waals surface area contributed by atoms with Gasteiger partial charge >= 0.3 is 0 Å². The van der Waals surface area contributed by atoms with E-state index in [9.17, 15) is 0 Å². The Morgan fingerprint density at radius 1 is 1.47 bits per heavy atom. The van der Waals surface area contributed by atoms with Crippen molar-refractivity contribution in [3.63, 3.8) is 0 Å². The summed E-state index contributed by atoms with van der Waals surface area (Å²) in [5, 5.41) is 8.81. The maximum Gasteiger partial charge on any atom is 0.112 e. The Morgan fingerprint density at radius 2 is 2.27 bits per heavy atom. The third-order valence-electron chi connectivity index (χ3n) is 2.99. The molecule has 0 spiro atoms. The normalized spacial score (nSPS) is 15.5. The fraction of sp³-hybridized carbons (Fsp3) is 0.333. The van der Waals surface area contributed by atoms with Crippen LogP contribution in [0.4, 0.5) is 0 Å². The molecule has 0 N–H and O–H groups in total. The third kappa shape index (κ3) is 1.22. The van der Waals surface area contributed by atoms with Crippen LogP contribution in [0.2, 0.25) is 0 Å². The summed E-state index contributed by atoms with van der Waals surface area (Å²) in [6.07, 6.45) is 2.50. The molecule has 74 valence electrons. The molecule has 2 aromatic rings. The van der Waals surface area contributed by atoms with Gasteiger partial charge in [-0.15, -0.1) is 0 Å². The molecule has 1 aromatic heterocycles. The Kier molecular flexibility index (Phi) is 1.60. The number of hydrogen-bond donors (Lipinski definition) is 0. The summed E-state index contributed by atoms with van der Waals surface area (Å²) in [4.78, 5) is 4.59. The van der Waals surface area contributed by atoms with E-state index in [1.54, 1.807) is 0 Å². The van der Waals surface area contributed by atoms with Crippen LogP contribution in [-0.4, -0.2) is 9.55 Å². The highest BCUT2D eigenvalue weighted by Gasteiger charge is 2.28. The van der Waals surface area contributed by atoms with Crippen molar-refractivity contribution in [2.75, 3.05) is 0 Å². The largest absolute Gasteiger partial charge is 0.331 e. The zero-order chi connectivity index (χ0) is 10.4. The molecule has 1 heterocycles. The molecule has 3 nitrogen and oxygen atoms in total. The van der Waals surface area contributed by atoms with Crippen LogP contribution in [0, 0.1) is 11.3 Å². The van der Waals surface area contributed by atoms with E-state index < -0.39 is 0 Å². The smallest absolute Gasteiger partial charge is 0.112 e. The highest BCUT2D eigenvalue weighted by atomic mass is 15.1. The van der Waals surface area contributed by atoms with Gasteiger partial charge in [0.25, 0.3) is 0 Å². The zero-order valence-electron chi connectivity index (χ0n) is 8.57. The first-order valence-electron chi connectivity index (χ1n) is 5.16. The number of aromatic nitrogens is 2. The molecule has 0 aliphatic heterocycles. The second-order valence-corrected chi connectivity index (χ2v) is 4.12. The summed E-state index contributed by atoms with van der Waals surface area (Å²) >= 11 is 0. The predicted molar refractivity (Wildman–Crippen MR) is 57.4 cm³/mol.